The van der Waals surface area contributed by atoms with Crippen LogP contribution in [0.3, 0.4) is 0 Å². The van der Waals surface area contributed by atoms with E-state index in [1.54, 1.807) is 0 Å². The quantitative estimate of drug-likeness (QED) is 0.207. The maximum absolute atomic E-state index is 4.46. The van der Waals surface area contributed by atoms with Crippen molar-refractivity contribution in [2.75, 3.05) is 51.8 Å². The first kappa shape index (κ1) is 21.4. The molecule has 0 aromatic heterocycles. The second kappa shape index (κ2) is 18.5. The monoisotopic (exact) mass is 394 g/mol. The Hall–Kier alpha value is 2.45. The Balaban J connectivity index is 3.30. The average Bonchev–Trinajstić information content (AvgIpc) is 2.44. The molecule has 0 fully saturated rings. The predicted molar refractivity (Wildman–Crippen MR) is 114 cm³/mol. The van der Waals surface area contributed by atoms with Crippen LogP contribution in [0.1, 0.15) is 12.8 Å². The first-order valence-electron chi connectivity index (χ1n) is 6.56. The minimum atomic E-state index is 0.674. The van der Waals surface area contributed by atoms with Crippen molar-refractivity contribution in [1.82, 2.24) is 0 Å². The number of hydrogen-bond acceptors (Lipinski definition) is 7. The molecule has 0 spiro atoms. The Morgan fingerprint density at radius 1 is 0.632 bits per heavy atom. The molecular weight excluding hydrogens is 369 g/mol. The fourth-order valence-electron chi connectivity index (χ4n) is 1.24. The highest BCUT2D eigenvalue weighted by molar-refractivity contribution is 8.17. The number of thioether (sulfide) groups is 4. The van der Waals surface area contributed by atoms with Gasteiger partial charge < -0.3 is 0 Å². The Labute approximate surface area is 153 Å². The summed E-state index contributed by atoms with van der Waals surface area (Å²) in [6, 6.07) is 0. The van der Waals surface area contributed by atoms with Crippen LogP contribution in [0.25, 0.3) is 0 Å². The van der Waals surface area contributed by atoms with Gasteiger partial charge in [-0.2, -0.15) is 61.4 Å². The van der Waals surface area contributed by atoms with Gasteiger partial charge in [-0.1, -0.05) is 0 Å². The van der Waals surface area contributed by atoms with Crippen LogP contribution in [0.4, 0.5) is 0 Å². The van der Waals surface area contributed by atoms with Gasteiger partial charge in [-0.25, -0.2) is 0 Å². The first-order valence-corrected chi connectivity index (χ1v) is 12.9. The van der Waals surface area contributed by atoms with E-state index in [0.29, 0.717) is 4.58 Å². The molecule has 0 aromatic carbocycles. The highest BCUT2D eigenvalue weighted by atomic mass is 32.2. The van der Waals surface area contributed by atoms with E-state index in [0.717, 1.165) is 17.3 Å². The van der Waals surface area contributed by atoms with Gasteiger partial charge in [0.15, 0.2) is 0 Å². The molecular formula is C12H26S7. The molecule has 0 nitrogen and oxygen atoms in total. The lowest BCUT2D eigenvalue weighted by Gasteiger charge is -2.13. The van der Waals surface area contributed by atoms with Crippen molar-refractivity contribution in [3.8, 4) is 0 Å². The van der Waals surface area contributed by atoms with E-state index in [2.05, 4.69) is 61.4 Å². The van der Waals surface area contributed by atoms with Crippen molar-refractivity contribution >= 4 is 84.9 Å². The Kier molecular flexibility index (Phi) is 20.9. The minimum absolute atomic E-state index is 0.674. The molecule has 0 N–H and O–H groups in total. The van der Waals surface area contributed by atoms with Gasteiger partial charge in [-0.3, -0.25) is 0 Å². The molecule has 0 saturated heterocycles. The first-order chi connectivity index (χ1) is 9.35. The van der Waals surface area contributed by atoms with Crippen LogP contribution < -0.4 is 0 Å². The van der Waals surface area contributed by atoms with E-state index in [9.17, 15) is 0 Å². The Bertz CT molecular complexity index is 152. The van der Waals surface area contributed by atoms with Crippen LogP contribution in [0, 0.1) is 0 Å². The van der Waals surface area contributed by atoms with Gasteiger partial charge in [0.2, 0.25) is 0 Å². The fraction of sp³-hybridized carbons (Fsp3) is 1.00. The summed E-state index contributed by atoms with van der Waals surface area (Å²) < 4.78 is 0.674. The minimum Gasteiger partial charge on any atom is -0.179 e. The van der Waals surface area contributed by atoms with Gasteiger partial charge in [-0.15, -0.1) is 23.5 Å². The molecule has 7 heteroatoms. The lowest BCUT2D eigenvalue weighted by atomic mass is 10.6. The molecule has 19 heavy (non-hydrogen) atoms. The normalized spacial score (nSPS) is 11.4. The summed E-state index contributed by atoms with van der Waals surface area (Å²) in [7, 11) is 0. The zero-order valence-corrected chi connectivity index (χ0v) is 17.3. The lowest BCUT2D eigenvalue weighted by molar-refractivity contribution is 1.11. The molecule has 0 aliphatic rings. The zero-order chi connectivity index (χ0) is 14.2. The molecule has 0 bridgehead atoms. The maximum atomic E-state index is 4.46. The lowest BCUT2D eigenvalue weighted by Crippen LogP contribution is -2.03. The molecule has 0 saturated carbocycles. The van der Waals surface area contributed by atoms with Gasteiger partial charge in [0.05, 0.1) is 4.58 Å². The molecule has 116 valence electrons. The largest absolute Gasteiger partial charge is 0.179 e. The third kappa shape index (κ3) is 16.6. The third-order valence-electron chi connectivity index (χ3n) is 2.09. The SMILES string of the molecule is SCCSCCCSC(CS)SCCCSCCS. The number of hydrogen-bond donors (Lipinski definition) is 3. The van der Waals surface area contributed by atoms with Crippen LogP contribution in [-0.4, -0.2) is 56.4 Å². The number of rotatable bonds is 15. The van der Waals surface area contributed by atoms with E-state index >= 15 is 0 Å². The summed E-state index contributed by atoms with van der Waals surface area (Å²) in [5.74, 6) is 10.4. The second-order valence-corrected chi connectivity index (χ2v) is 10.4. The average molecular weight is 395 g/mol. The van der Waals surface area contributed by atoms with E-state index in [-0.39, 0.29) is 0 Å². The van der Waals surface area contributed by atoms with E-state index < -0.39 is 0 Å². The van der Waals surface area contributed by atoms with Crippen molar-refractivity contribution < 1.29 is 0 Å². The van der Waals surface area contributed by atoms with Crippen LogP contribution in [-0.2, 0) is 0 Å². The molecule has 0 aliphatic carbocycles. The van der Waals surface area contributed by atoms with Gasteiger partial charge >= 0.3 is 0 Å². The van der Waals surface area contributed by atoms with Gasteiger partial charge in [0, 0.05) is 17.3 Å². The Morgan fingerprint density at radius 3 is 1.47 bits per heavy atom. The molecule has 0 radical (unpaired) electrons. The van der Waals surface area contributed by atoms with Crippen LogP contribution >= 0.6 is 84.9 Å². The van der Waals surface area contributed by atoms with Crippen molar-refractivity contribution in [2.45, 2.75) is 17.4 Å². The summed E-state index contributed by atoms with van der Waals surface area (Å²) in [5, 5.41) is 0. The van der Waals surface area contributed by atoms with Gasteiger partial charge in [-0.05, 0) is 47.4 Å². The summed E-state index contributed by atoms with van der Waals surface area (Å²) in [6.45, 7) is 0. The summed E-state index contributed by atoms with van der Waals surface area (Å²) in [6.07, 6.45) is 2.62. The molecule has 0 aromatic rings. The molecule has 0 heterocycles. The Morgan fingerprint density at radius 2 is 1.11 bits per heavy atom. The van der Waals surface area contributed by atoms with E-state index in [4.69, 9.17) is 0 Å². The summed E-state index contributed by atoms with van der Waals surface area (Å²) in [4.78, 5) is 0. The number of thiol groups is 3. The van der Waals surface area contributed by atoms with Gasteiger partial charge in [0.25, 0.3) is 0 Å². The van der Waals surface area contributed by atoms with E-state index in [1.165, 1.54) is 47.4 Å². The van der Waals surface area contributed by atoms with Crippen LogP contribution in [0.2, 0.25) is 0 Å². The molecule has 0 amide bonds. The summed E-state index contributed by atoms with van der Waals surface area (Å²) in [5.41, 5.74) is 0. The smallest absolute Gasteiger partial charge is 0.0590 e. The van der Waals surface area contributed by atoms with E-state index in [1.807, 2.05) is 23.5 Å². The second-order valence-electron chi connectivity index (χ2n) is 3.73. The predicted octanol–water partition coefficient (Wildman–Crippen LogP) is 4.81. The third-order valence-corrected chi connectivity index (χ3v) is 9.09. The van der Waals surface area contributed by atoms with Gasteiger partial charge in [0.1, 0.15) is 0 Å². The van der Waals surface area contributed by atoms with Crippen LogP contribution in [0.5, 0.6) is 0 Å². The topological polar surface area (TPSA) is 0 Å². The van der Waals surface area contributed by atoms with Crippen molar-refractivity contribution in [3.05, 3.63) is 0 Å². The summed E-state index contributed by atoms with van der Waals surface area (Å²) >= 11 is 21.1. The standard InChI is InChI=1S/C12H26S7/c13-3-9-16-5-1-7-18-12(11-15)19-8-2-6-17-10-4-14/h12-15H,1-11H2. The fourth-order valence-corrected chi connectivity index (χ4v) is 6.70. The zero-order valence-electron chi connectivity index (χ0n) is 11.3. The molecule has 0 aliphatic heterocycles. The highest BCUT2D eigenvalue weighted by Gasteiger charge is 2.07. The molecule has 0 unspecified atom stereocenters. The van der Waals surface area contributed by atoms with Crippen molar-refractivity contribution in [3.63, 3.8) is 0 Å². The molecule has 0 rings (SSSR count). The maximum Gasteiger partial charge on any atom is 0.0590 e. The highest BCUT2D eigenvalue weighted by Crippen LogP contribution is 2.26. The molecule has 0 atom stereocenters. The van der Waals surface area contributed by atoms with Crippen LogP contribution in [0.15, 0.2) is 0 Å². The van der Waals surface area contributed by atoms with Crippen molar-refractivity contribution in [2.24, 2.45) is 0 Å². The van der Waals surface area contributed by atoms with Crippen molar-refractivity contribution in [1.29, 1.82) is 0 Å².